The number of esters is 1. The zero-order chi connectivity index (χ0) is 13.2. The van der Waals surface area contributed by atoms with Crippen LogP contribution in [0.4, 0.5) is 0 Å². The van der Waals surface area contributed by atoms with Gasteiger partial charge in [-0.3, -0.25) is 4.79 Å². The molecular weight excluding hydrogens is 248 g/mol. The summed E-state index contributed by atoms with van der Waals surface area (Å²) in [7, 11) is 0. The summed E-state index contributed by atoms with van der Waals surface area (Å²) in [5.74, 6) is -0.264. The summed E-state index contributed by atoms with van der Waals surface area (Å²) in [5, 5.41) is 9.31. The van der Waals surface area contributed by atoms with Crippen LogP contribution in [0.3, 0.4) is 0 Å². The highest BCUT2D eigenvalue weighted by Crippen LogP contribution is 2.33. The van der Waals surface area contributed by atoms with Crippen molar-refractivity contribution in [1.82, 2.24) is 0 Å². The van der Waals surface area contributed by atoms with Crippen molar-refractivity contribution in [3.63, 3.8) is 0 Å². The Labute approximate surface area is 111 Å². The maximum atomic E-state index is 11.3. The molecule has 0 unspecified atom stereocenters. The largest absolute Gasteiger partial charge is 0.457 e. The fourth-order valence-corrected chi connectivity index (χ4v) is 2.59. The molecule has 1 aromatic rings. The van der Waals surface area contributed by atoms with E-state index in [1.807, 2.05) is 30.3 Å². The van der Waals surface area contributed by atoms with Gasteiger partial charge in [-0.05, 0) is 5.56 Å². The number of ether oxygens (including phenoxy) is 3. The second-order valence-electron chi connectivity index (χ2n) is 4.82. The highest BCUT2D eigenvalue weighted by Gasteiger charge is 2.52. The van der Waals surface area contributed by atoms with Gasteiger partial charge in [0.1, 0.15) is 18.3 Å². The van der Waals surface area contributed by atoms with Crippen LogP contribution >= 0.6 is 0 Å². The zero-order valence-corrected chi connectivity index (χ0v) is 10.4. The molecule has 19 heavy (non-hydrogen) atoms. The number of aliphatic hydroxyl groups is 1. The van der Waals surface area contributed by atoms with E-state index >= 15 is 0 Å². The smallest absolute Gasteiger partial charge is 0.309 e. The summed E-state index contributed by atoms with van der Waals surface area (Å²) >= 11 is 0. The molecule has 2 heterocycles. The van der Waals surface area contributed by atoms with E-state index in [9.17, 15) is 9.90 Å². The van der Waals surface area contributed by atoms with Crippen molar-refractivity contribution < 1.29 is 24.1 Å². The lowest BCUT2D eigenvalue weighted by molar-refractivity contribution is -0.149. The first kappa shape index (κ1) is 12.6. The van der Waals surface area contributed by atoms with Crippen molar-refractivity contribution in [2.24, 2.45) is 0 Å². The van der Waals surface area contributed by atoms with E-state index in [0.717, 1.165) is 5.56 Å². The molecule has 3 rings (SSSR count). The van der Waals surface area contributed by atoms with Crippen molar-refractivity contribution in [2.75, 3.05) is 6.61 Å². The monoisotopic (exact) mass is 264 g/mol. The number of rotatable bonds is 4. The predicted molar refractivity (Wildman–Crippen MR) is 65.3 cm³/mol. The highest BCUT2D eigenvalue weighted by molar-refractivity contribution is 5.73. The Bertz CT molecular complexity index is 446. The van der Waals surface area contributed by atoms with Gasteiger partial charge in [0.15, 0.2) is 6.10 Å². The Balaban J connectivity index is 1.66. The first-order valence-electron chi connectivity index (χ1n) is 6.39. The van der Waals surface area contributed by atoms with Crippen LogP contribution in [0.5, 0.6) is 0 Å². The molecule has 0 aromatic heterocycles. The minimum atomic E-state index is -0.424. The van der Waals surface area contributed by atoms with Gasteiger partial charge < -0.3 is 19.3 Å². The molecule has 5 heteroatoms. The van der Waals surface area contributed by atoms with E-state index in [1.54, 1.807) is 0 Å². The van der Waals surface area contributed by atoms with E-state index in [1.165, 1.54) is 0 Å². The third kappa shape index (κ3) is 2.49. The standard InChI is InChI=1S/C14H16O5/c15-7-11-13(14-10(18-11)6-12(16)19-14)17-8-9-4-2-1-3-5-9/h1-5,10-11,13-15H,6-8H2/t10-,11-,13+,14+/m1/s1. The van der Waals surface area contributed by atoms with Crippen LogP contribution in [0.2, 0.25) is 0 Å². The zero-order valence-electron chi connectivity index (χ0n) is 10.4. The molecule has 0 aliphatic carbocycles. The number of fused-ring (bicyclic) bond motifs is 1. The maximum absolute atomic E-state index is 11.3. The number of hydrogen-bond acceptors (Lipinski definition) is 5. The van der Waals surface area contributed by atoms with E-state index in [-0.39, 0.29) is 25.1 Å². The second-order valence-corrected chi connectivity index (χ2v) is 4.82. The van der Waals surface area contributed by atoms with Crippen LogP contribution in [0.15, 0.2) is 30.3 Å². The maximum Gasteiger partial charge on any atom is 0.309 e. The van der Waals surface area contributed by atoms with Crippen LogP contribution in [0, 0.1) is 0 Å². The quantitative estimate of drug-likeness (QED) is 0.809. The van der Waals surface area contributed by atoms with Crippen molar-refractivity contribution in [3.8, 4) is 0 Å². The summed E-state index contributed by atoms with van der Waals surface area (Å²) in [6.45, 7) is 0.274. The topological polar surface area (TPSA) is 65.0 Å². The Morgan fingerprint density at radius 3 is 2.84 bits per heavy atom. The molecule has 2 aliphatic heterocycles. The third-order valence-electron chi connectivity index (χ3n) is 3.51. The van der Waals surface area contributed by atoms with Crippen LogP contribution in [0.25, 0.3) is 0 Å². The molecule has 0 amide bonds. The molecule has 2 saturated heterocycles. The van der Waals surface area contributed by atoms with Crippen molar-refractivity contribution in [3.05, 3.63) is 35.9 Å². The minimum Gasteiger partial charge on any atom is -0.457 e. The number of benzene rings is 1. The fraction of sp³-hybridized carbons (Fsp3) is 0.500. The highest BCUT2D eigenvalue weighted by atomic mass is 16.6. The number of hydrogen-bond donors (Lipinski definition) is 1. The minimum absolute atomic E-state index is 0.135. The molecule has 1 aromatic carbocycles. The van der Waals surface area contributed by atoms with Gasteiger partial charge in [-0.25, -0.2) is 0 Å². The molecular formula is C14H16O5. The lowest BCUT2D eigenvalue weighted by Gasteiger charge is -2.20. The van der Waals surface area contributed by atoms with E-state index in [0.29, 0.717) is 6.61 Å². The molecule has 2 aliphatic rings. The van der Waals surface area contributed by atoms with Crippen LogP contribution < -0.4 is 0 Å². The fourth-order valence-electron chi connectivity index (χ4n) is 2.59. The van der Waals surface area contributed by atoms with E-state index in [4.69, 9.17) is 14.2 Å². The number of carbonyl (C=O) groups excluding carboxylic acids is 1. The first-order valence-corrected chi connectivity index (χ1v) is 6.39. The average Bonchev–Trinajstić information content (AvgIpc) is 2.93. The number of carbonyl (C=O) groups is 1. The van der Waals surface area contributed by atoms with Crippen LogP contribution in [-0.2, 0) is 25.6 Å². The van der Waals surface area contributed by atoms with Gasteiger partial charge in [0.2, 0.25) is 0 Å². The van der Waals surface area contributed by atoms with Crippen LogP contribution in [-0.4, -0.2) is 42.1 Å². The van der Waals surface area contributed by atoms with Gasteiger partial charge in [-0.15, -0.1) is 0 Å². The Hall–Kier alpha value is -1.43. The summed E-state index contributed by atoms with van der Waals surface area (Å²) in [4.78, 5) is 11.3. The van der Waals surface area contributed by atoms with Gasteiger partial charge in [0.25, 0.3) is 0 Å². The normalized spacial score (nSPS) is 33.2. The molecule has 2 fully saturated rings. The Morgan fingerprint density at radius 2 is 2.11 bits per heavy atom. The summed E-state index contributed by atoms with van der Waals surface area (Å²) in [5.41, 5.74) is 1.03. The lowest BCUT2D eigenvalue weighted by atomic mass is 10.1. The van der Waals surface area contributed by atoms with E-state index in [2.05, 4.69) is 0 Å². The summed E-state index contributed by atoms with van der Waals surface area (Å²) < 4.78 is 16.6. The van der Waals surface area contributed by atoms with Gasteiger partial charge in [0, 0.05) is 0 Å². The van der Waals surface area contributed by atoms with Crippen molar-refractivity contribution in [2.45, 2.75) is 37.4 Å². The van der Waals surface area contributed by atoms with Crippen LogP contribution in [0.1, 0.15) is 12.0 Å². The SMILES string of the molecule is O=C1C[C@H]2O[C@H](CO)[C@H](OCc3ccccc3)[C@H]2O1. The predicted octanol–water partition coefficient (Wildman–Crippen LogP) is 0.647. The van der Waals surface area contributed by atoms with Gasteiger partial charge in [-0.2, -0.15) is 0 Å². The average molecular weight is 264 g/mol. The third-order valence-corrected chi connectivity index (χ3v) is 3.51. The molecule has 0 saturated carbocycles. The molecule has 1 N–H and O–H groups in total. The summed E-state index contributed by atoms with van der Waals surface area (Å²) in [6, 6.07) is 9.73. The Kier molecular flexibility index (Phi) is 3.50. The van der Waals surface area contributed by atoms with Gasteiger partial charge >= 0.3 is 5.97 Å². The van der Waals surface area contributed by atoms with Crippen molar-refractivity contribution in [1.29, 1.82) is 0 Å². The molecule has 102 valence electrons. The van der Waals surface area contributed by atoms with Crippen molar-refractivity contribution >= 4 is 5.97 Å². The van der Waals surface area contributed by atoms with Gasteiger partial charge in [-0.1, -0.05) is 30.3 Å². The summed E-state index contributed by atoms with van der Waals surface area (Å²) in [6.07, 6.45) is -1.26. The van der Waals surface area contributed by atoms with E-state index < -0.39 is 18.3 Å². The number of aliphatic hydroxyl groups excluding tert-OH is 1. The Morgan fingerprint density at radius 1 is 1.32 bits per heavy atom. The second kappa shape index (κ2) is 5.28. The molecule has 5 nitrogen and oxygen atoms in total. The lowest BCUT2D eigenvalue weighted by Crippen LogP contribution is -2.36. The molecule has 4 atom stereocenters. The molecule has 0 spiro atoms. The molecule has 0 radical (unpaired) electrons. The van der Waals surface area contributed by atoms with Gasteiger partial charge in [0.05, 0.1) is 19.6 Å². The molecule has 0 bridgehead atoms. The first-order chi connectivity index (χ1) is 9.28.